The number of phenolic OH excluding ortho intramolecular Hbond substituents is 2. The van der Waals surface area contributed by atoms with Gasteiger partial charge in [0.15, 0.2) is 0 Å². The molecule has 0 amide bonds. The van der Waals surface area contributed by atoms with Crippen molar-refractivity contribution in [3.05, 3.63) is 57.6 Å². The smallest absolute Gasteiger partial charge is 0.756 e. The number of rotatable bonds is 10. The van der Waals surface area contributed by atoms with Gasteiger partial charge in [0.2, 0.25) is 0 Å². The molecule has 0 saturated carbocycles. The number of benzene rings is 2. The van der Waals surface area contributed by atoms with Crippen molar-refractivity contribution in [3.8, 4) is 11.5 Å². The Balaban J connectivity index is 0.000000882. The van der Waals surface area contributed by atoms with E-state index in [1.165, 1.54) is 0 Å². The Kier molecular flexibility index (Phi) is 17.7. The number of hydrogen-bond acceptors (Lipinski definition) is 10. The molecule has 0 fully saturated rings. The molecular formula is C34H56O10P2Sr. The van der Waals surface area contributed by atoms with E-state index in [0.29, 0.717) is 11.1 Å². The van der Waals surface area contributed by atoms with E-state index in [1.807, 2.05) is 83.1 Å². The van der Waals surface area contributed by atoms with Gasteiger partial charge in [0.1, 0.15) is 11.5 Å². The number of phenols is 2. The molecule has 0 bridgehead atoms. The molecule has 0 aliphatic rings. The van der Waals surface area contributed by atoms with Crippen molar-refractivity contribution in [2.24, 2.45) is 0 Å². The summed E-state index contributed by atoms with van der Waals surface area (Å²) in [6, 6.07) is 7.15. The maximum absolute atomic E-state index is 11.6. The van der Waals surface area contributed by atoms with Crippen LogP contribution < -0.4 is 9.79 Å². The Morgan fingerprint density at radius 2 is 0.745 bits per heavy atom. The van der Waals surface area contributed by atoms with Crippen LogP contribution in [0.1, 0.15) is 130 Å². The summed E-state index contributed by atoms with van der Waals surface area (Å²) < 4.78 is 42.2. The van der Waals surface area contributed by atoms with Gasteiger partial charge in [0.05, 0.1) is 26.4 Å². The zero-order chi connectivity index (χ0) is 36.1. The Labute approximate surface area is 320 Å². The van der Waals surface area contributed by atoms with Crippen LogP contribution >= 0.6 is 15.6 Å². The van der Waals surface area contributed by atoms with Crippen LogP contribution in [0.3, 0.4) is 0 Å². The van der Waals surface area contributed by atoms with Gasteiger partial charge in [0, 0.05) is 0 Å². The molecule has 2 rings (SSSR count). The van der Waals surface area contributed by atoms with Gasteiger partial charge in [-0.25, -0.2) is 0 Å². The zero-order valence-corrected chi connectivity index (χ0v) is 36.2. The van der Waals surface area contributed by atoms with E-state index in [0.717, 1.165) is 22.3 Å². The molecule has 2 unspecified atom stereocenters. The van der Waals surface area contributed by atoms with Crippen LogP contribution in [0.15, 0.2) is 24.3 Å². The Bertz CT molecular complexity index is 1240. The van der Waals surface area contributed by atoms with Gasteiger partial charge in [0.25, 0.3) is 15.6 Å². The second-order valence-corrected chi connectivity index (χ2v) is 18.2. The summed E-state index contributed by atoms with van der Waals surface area (Å²) in [7, 11) is -8.59. The normalized spacial score (nSPS) is 15.1. The molecule has 13 heteroatoms. The van der Waals surface area contributed by atoms with Crippen molar-refractivity contribution >= 4 is 61.1 Å². The van der Waals surface area contributed by atoms with Gasteiger partial charge in [-0.3, -0.25) is 9.13 Å². The van der Waals surface area contributed by atoms with Gasteiger partial charge in [-0.15, -0.1) is 0 Å². The van der Waals surface area contributed by atoms with Crippen molar-refractivity contribution in [2.45, 2.75) is 132 Å². The fourth-order valence-corrected chi connectivity index (χ4v) is 5.94. The summed E-state index contributed by atoms with van der Waals surface area (Å²) in [5, 5.41) is 21.2. The van der Waals surface area contributed by atoms with Gasteiger partial charge >= 0.3 is 45.5 Å². The summed E-state index contributed by atoms with van der Waals surface area (Å²) in [5.74, 6) is 0.507. The molecule has 0 radical (unpaired) electrons. The number of aromatic hydroxyl groups is 2. The molecular weight excluding hydrogens is 718 g/mol. The van der Waals surface area contributed by atoms with E-state index in [1.54, 1.807) is 38.1 Å². The average Bonchev–Trinajstić information content (AvgIpc) is 2.85. The van der Waals surface area contributed by atoms with Crippen LogP contribution in [0, 0.1) is 0 Å². The zero-order valence-electron chi connectivity index (χ0n) is 30.9. The third kappa shape index (κ3) is 15.3. The fourth-order valence-electron chi connectivity index (χ4n) is 4.54. The van der Waals surface area contributed by atoms with Crippen LogP contribution in [0.25, 0.3) is 0 Å². The summed E-state index contributed by atoms with van der Waals surface area (Å²) in [6.45, 7) is 27.0. The molecule has 0 aromatic heterocycles. The molecule has 0 saturated heterocycles. The quantitative estimate of drug-likeness (QED) is 0.182. The van der Waals surface area contributed by atoms with E-state index >= 15 is 0 Å². The van der Waals surface area contributed by atoms with Gasteiger partial charge in [-0.1, -0.05) is 83.1 Å². The average molecular weight is 774 g/mol. The van der Waals surface area contributed by atoms with E-state index < -0.39 is 15.6 Å². The van der Waals surface area contributed by atoms with E-state index in [2.05, 4.69) is 9.05 Å². The minimum Gasteiger partial charge on any atom is -0.756 e. The van der Waals surface area contributed by atoms with Crippen molar-refractivity contribution < 1.29 is 47.2 Å². The molecule has 0 aliphatic heterocycles. The van der Waals surface area contributed by atoms with Crippen molar-refractivity contribution in [3.63, 3.8) is 0 Å². The first-order chi connectivity index (χ1) is 20.6. The number of phosphoric ester groups is 2. The molecule has 2 atom stereocenters. The van der Waals surface area contributed by atoms with Crippen molar-refractivity contribution in [2.75, 3.05) is 13.2 Å². The van der Waals surface area contributed by atoms with E-state index in [-0.39, 0.29) is 105 Å². The van der Waals surface area contributed by atoms with Crippen LogP contribution in [-0.4, -0.2) is 68.9 Å². The molecule has 2 aromatic carbocycles. The summed E-state index contributed by atoms with van der Waals surface area (Å²) in [6.07, 6.45) is 0. The third-order valence-corrected chi connectivity index (χ3v) is 8.96. The van der Waals surface area contributed by atoms with E-state index in [9.17, 15) is 29.1 Å². The predicted octanol–water partition coefficient (Wildman–Crippen LogP) is 7.64. The number of hydrogen-bond donors (Lipinski definition) is 2. The molecule has 0 aliphatic carbocycles. The molecule has 2 N–H and O–H groups in total. The minimum atomic E-state index is -4.29. The van der Waals surface area contributed by atoms with Crippen LogP contribution in [0.5, 0.6) is 11.5 Å². The number of phosphoric acid groups is 2. The van der Waals surface area contributed by atoms with Crippen molar-refractivity contribution in [1.29, 1.82) is 0 Å². The minimum absolute atomic E-state index is 0. The maximum Gasteiger partial charge on any atom is 2.00 e. The molecule has 10 nitrogen and oxygen atoms in total. The van der Waals surface area contributed by atoms with Gasteiger partial charge < -0.3 is 38.1 Å². The Morgan fingerprint density at radius 3 is 0.915 bits per heavy atom. The standard InChI is InChI=1S/2C17H29O5P.Sr/c2*1-8-21-23(19,20)22-11-12-9-13(16(2,3)4)15(18)14(10-12)17(5,6)7;/h2*9-10,18H,8,11H2,1-7H3,(H,19,20);/q;;+2/p-2. The fraction of sp³-hybridized carbons (Fsp3) is 0.647. The molecule has 47 heavy (non-hydrogen) atoms. The summed E-state index contributed by atoms with van der Waals surface area (Å²) >= 11 is 0. The second-order valence-electron chi connectivity index (χ2n) is 15.4. The second kappa shape index (κ2) is 17.8. The first kappa shape index (κ1) is 46.7. The van der Waals surface area contributed by atoms with Gasteiger partial charge in [-0.05, 0) is 93.2 Å². The summed E-state index contributed by atoms with van der Waals surface area (Å²) in [5.41, 5.74) is 3.33. The molecule has 0 heterocycles. The largest absolute Gasteiger partial charge is 2.00 e. The van der Waals surface area contributed by atoms with Crippen LogP contribution in [0.2, 0.25) is 0 Å². The Morgan fingerprint density at radius 1 is 0.532 bits per heavy atom. The van der Waals surface area contributed by atoms with Crippen LogP contribution in [0.4, 0.5) is 0 Å². The Hall–Kier alpha value is -0.259. The molecule has 0 spiro atoms. The third-order valence-electron chi connectivity index (χ3n) is 6.92. The van der Waals surface area contributed by atoms with Crippen molar-refractivity contribution in [1.82, 2.24) is 0 Å². The molecule has 2 aromatic rings. The SMILES string of the molecule is CCOP(=O)([O-])OCc1cc(C(C)(C)C)c(O)c(C(C)(C)C)c1.CCOP(=O)([O-])OCc1cc(C(C)(C)C)c(O)c(C(C)(C)C)c1.[Sr+2]. The summed E-state index contributed by atoms with van der Waals surface area (Å²) in [4.78, 5) is 23.1. The predicted molar refractivity (Wildman–Crippen MR) is 185 cm³/mol. The van der Waals surface area contributed by atoms with Crippen LogP contribution in [-0.2, 0) is 62.1 Å². The maximum atomic E-state index is 11.6. The monoisotopic (exact) mass is 774 g/mol. The first-order valence-electron chi connectivity index (χ1n) is 15.5. The topological polar surface area (TPSA) is 158 Å². The first-order valence-corrected chi connectivity index (χ1v) is 18.4. The van der Waals surface area contributed by atoms with Gasteiger partial charge in [-0.2, -0.15) is 0 Å². The van der Waals surface area contributed by atoms with E-state index in [4.69, 9.17) is 9.05 Å². The molecule has 264 valence electrons.